The van der Waals surface area contributed by atoms with Crippen LogP contribution in [0.1, 0.15) is 27.0 Å². The van der Waals surface area contributed by atoms with Crippen molar-refractivity contribution in [3.05, 3.63) is 65.0 Å². The molecular formula is C14H13NO2. The van der Waals surface area contributed by atoms with E-state index in [2.05, 4.69) is 4.98 Å². The van der Waals surface area contributed by atoms with E-state index in [9.17, 15) is 4.79 Å². The molecule has 0 aliphatic heterocycles. The Morgan fingerprint density at radius 1 is 1.29 bits per heavy atom. The van der Waals surface area contributed by atoms with Gasteiger partial charge >= 0.3 is 5.97 Å². The molecule has 0 atom stereocenters. The van der Waals surface area contributed by atoms with Gasteiger partial charge in [-0.1, -0.05) is 18.2 Å². The number of pyridine rings is 1. The van der Waals surface area contributed by atoms with E-state index in [1.807, 2.05) is 24.3 Å². The summed E-state index contributed by atoms with van der Waals surface area (Å²) >= 11 is 0. The molecule has 0 saturated heterocycles. The second-order valence-corrected chi connectivity index (χ2v) is 3.99. The molecule has 0 unspecified atom stereocenters. The number of hydrogen-bond donors (Lipinski definition) is 1. The number of rotatable bonds is 3. The normalized spacial score (nSPS) is 10.2. The molecule has 0 spiro atoms. The maximum Gasteiger partial charge on any atom is 0.335 e. The summed E-state index contributed by atoms with van der Waals surface area (Å²) in [5.74, 6) is -0.879. The average molecular weight is 227 g/mol. The van der Waals surface area contributed by atoms with Crippen LogP contribution in [0.4, 0.5) is 0 Å². The van der Waals surface area contributed by atoms with Gasteiger partial charge in [-0.25, -0.2) is 4.79 Å². The van der Waals surface area contributed by atoms with E-state index in [0.29, 0.717) is 12.0 Å². The highest BCUT2D eigenvalue weighted by Gasteiger charge is 2.07. The Kier molecular flexibility index (Phi) is 3.19. The molecule has 0 saturated carbocycles. The molecule has 3 nitrogen and oxygen atoms in total. The molecule has 0 amide bonds. The predicted octanol–water partition coefficient (Wildman–Crippen LogP) is 2.68. The molecule has 0 radical (unpaired) electrons. The van der Waals surface area contributed by atoms with Crippen molar-refractivity contribution in [3.8, 4) is 0 Å². The van der Waals surface area contributed by atoms with E-state index >= 15 is 0 Å². The minimum atomic E-state index is -0.879. The number of benzene rings is 1. The van der Waals surface area contributed by atoms with Crippen molar-refractivity contribution < 1.29 is 9.90 Å². The monoisotopic (exact) mass is 227 g/mol. The molecule has 0 aliphatic carbocycles. The number of carboxylic acid groups (broad SMARTS) is 1. The van der Waals surface area contributed by atoms with E-state index < -0.39 is 5.97 Å². The number of nitrogens with zero attached hydrogens (tertiary/aromatic N) is 1. The summed E-state index contributed by atoms with van der Waals surface area (Å²) in [6, 6.07) is 9.38. The number of carboxylic acids is 1. The number of aromatic carboxylic acids is 1. The summed E-state index contributed by atoms with van der Waals surface area (Å²) in [7, 11) is 0. The van der Waals surface area contributed by atoms with Gasteiger partial charge in [-0.15, -0.1) is 0 Å². The molecule has 2 rings (SSSR count). The lowest BCUT2D eigenvalue weighted by molar-refractivity contribution is 0.0696. The second kappa shape index (κ2) is 4.78. The Hall–Kier alpha value is -2.16. The van der Waals surface area contributed by atoms with Crippen molar-refractivity contribution in [2.75, 3.05) is 0 Å². The highest BCUT2D eigenvalue weighted by molar-refractivity contribution is 5.89. The predicted molar refractivity (Wildman–Crippen MR) is 65.2 cm³/mol. The van der Waals surface area contributed by atoms with Crippen LogP contribution in [0, 0.1) is 6.92 Å². The topological polar surface area (TPSA) is 50.2 Å². The van der Waals surface area contributed by atoms with Crippen LogP contribution >= 0.6 is 0 Å². The van der Waals surface area contributed by atoms with Gasteiger partial charge < -0.3 is 5.11 Å². The van der Waals surface area contributed by atoms with Gasteiger partial charge in [0, 0.05) is 12.4 Å². The molecule has 1 N–H and O–H groups in total. The van der Waals surface area contributed by atoms with Crippen LogP contribution in [-0.2, 0) is 6.42 Å². The van der Waals surface area contributed by atoms with Crippen LogP contribution in [0.2, 0.25) is 0 Å². The van der Waals surface area contributed by atoms with Gasteiger partial charge in [-0.05, 0) is 42.2 Å². The van der Waals surface area contributed by atoms with Gasteiger partial charge in [0.25, 0.3) is 0 Å². The Morgan fingerprint density at radius 2 is 2.12 bits per heavy atom. The minimum Gasteiger partial charge on any atom is -0.478 e. The summed E-state index contributed by atoms with van der Waals surface area (Å²) < 4.78 is 0. The van der Waals surface area contributed by atoms with Crippen LogP contribution in [0.3, 0.4) is 0 Å². The molecule has 1 aromatic heterocycles. The number of carbonyl (C=O) groups is 1. The van der Waals surface area contributed by atoms with E-state index in [1.54, 1.807) is 25.4 Å². The zero-order chi connectivity index (χ0) is 12.3. The van der Waals surface area contributed by atoms with Crippen molar-refractivity contribution in [2.45, 2.75) is 13.3 Å². The molecule has 3 heteroatoms. The molecule has 17 heavy (non-hydrogen) atoms. The summed E-state index contributed by atoms with van der Waals surface area (Å²) in [4.78, 5) is 15.1. The first-order chi connectivity index (χ1) is 8.16. The SMILES string of the molecule is Cc1ccc(Cc2cccnc2)cc1C(=O)O. The quantitative estimate of drug-likeness (QED) is 0.877. The van der Waals surface area contributed by atoms with Crippen LogP contribution < -0.4 is 0 Å². The zero-order valence-electron chi connectivity index (χ0n) is 9.55. The summed E-state index contributed by atoms with van der Waals surface area (Å²) in [5, 5.41) is 9.04. The molecule has 1 aromatic carbocycles. The molecular weight excluding hydrogens is 214 g/mol. The molecule has 0 aliphatic rings. The van der Waals surface area contributed by atoms with Crippen LogP contribution in [0.25, 0.3) is 0 Å². The fraction of sp³-hybridized carbons (Fsp3) is 0.143. The van der Waals surface area contributed by atoms with Gasteiger partial charge in [0.1, 0.15) is 0 Å². The van der Waals surface area contributed by atoms with E-state index in [0.717, 1.165) is 16.7 Å². The number of aryl methyl sites for hydroxylation is 1. The van der Waals surface area contributed by atoms with Gasteiger partial charge in [0.2, 0.25) is 0 Å². The van der Waals surface area contributed by atoms with Crippen molar-refractivity contribution in [3.63, 3.8) is 0 Å². The molecule has 86 valence electrons. The summed E-state index contributed by atoms with van der Waals surface area (Å²) in [6.45, 7) is 1.80. The smallest absolute Gasteiger partial charge is 0.335 e. The molecule has 0 bridgehead atoms. The van der Waals surface area contributed by atoms with E-state index in [4.69, 9.17) is 5.11 Å². The standard InChI is InChI=1S/C14H13NO2/c1-10-4-5-11(8-13(10)14(16)17)7-12-3-2-6-15-9-12/h2-6,8-9H,7H2,1H3,(H,16,17). The van der Waals surface area contributed by atoms with Gasteiger partial charge in [0.15, 0.2) is 0 Å². The Balaban J connectivity index is 2.29. The highest BCUT2D eigenvalue weighted by atomic mass is 16.4. The van der Waals surface area contributed by atoms with E-state index in [-0.39, 0.29) is 0 Å². The summed E-state index contributed by atoms with van der Waals surface area (Å²) in [5.41, 5.74) is 3.22. The van der Waals surface area contributed by atoms with Crippen LogP contribution in [0.15, 0.2) is 42.7 Å². The van der Waals surface area contributed by atoms with Gasteiger partial charge in [-0.2, -0.15) is 0 Å². The summed E-state index contributed by atoms with van der Waals surface area (Å²) in [6.07, 6.45) is 4.22. The van der Waals surface area contributed by atoms with E-state index in [1.165, 1.54) is 0 Å². The third-order valence-electron chi connectivity index (χ3n) is 2.66. The maximum atomic E-state index is 11.0. The largest absolute Gasteiger partial charge is 0.478 e. The first-order valence-corrected chi connectivity index (χ1v) is 5.38. The van der Waals surface area contributed by atoms with Crippen molar-refractivity contribution >= 4 is 5.97 Å². The van der Waals surface area contributed by atoms with Gasteiger partial charge in [-0.3, -0.25) is 4.98 Å². The van der Waals surface area contributed by atoms with Crippen LogP contribution in [-0.4, -0.2) is 16.1 Å². The lowest BCUT2D eigenvalue weighted by atomic mass is 10.0. The highest BCUT2D eigenvalue weighted by Crippen LogP contribution is 2.14. The average Bonchev–Trinajstić information content (AvgIpc) is 2.32. The molecule has 2 aromatic rings. The van der Waals surface area contributed by atoms with Crippen molar-refractivity contribution in [1.29, 1.82) is 0 Å². The third kappa shape index (κ3) is 2.69. The first kappa shape index (κ1) is 11.3. The number of aromatic nitrogens is 1. The van der Waals surface area contributed by atoms with Gasteiger partial charge in [0.05, 0.1) is 5.56 Å². The maximum absolute atomic E-state index is 11.0. The Morgan fingerprint density at radius 3 is 2.76 bits per heavy atom. The lowest BCUT2D eigenvalue weighted by Gasteiger charge is -2.05. The fourth-order valence-electron chi connectivity index (χ4n) is 1.75. The molecule has 1 heterocycles. The second-order valence-electron chi connectivity index (χ2n) is 3.99. The Labute approximate surface area is 99.8 Å². The number of hydrogen-bond acceptors (Lipinski definition) is 2. The van der Waals surface area contributed by atoms with Crippen LogP contribution in [0.5, 0.6) is 0 Å². The zero-order valence-corrected chi connectivity index (χ0v) is 9.55. The minimum absolute atomic E-state index is 0.367. The Bertz CT molecular complexity index is 535. The van der Waals surface area contributed by atoms with Crippen molar-refractivity contribution in [1.82, 2.24) is 4.98 Å². The third-order valence-corrected chi connectivity index (χ3v) is 2.66. The molecule has 0 fully saturated rings. The van der Waals surface area contributed by atoms with Crippen molar-refractivity contribution in [2.24, 2.45) is 0 Å². The fourth-order valence-corrected chi connectivity index (χ4v) is 1.75. The first-order valence-electron chi connectivity index (χ1n) is 5.38. The lowest BCUT2D eigenvalue weighted by Crippen LogP contribution is -2.01.